The molecule has 0 aliphatic carbocycles. The first-order valence-electron chi connectivity index (χ1n) is 12.5. The average Bonchev–Trinajstić information content (AvgIpc) is 3.38. The second-order valence-electron chi connectivity index (χ2n) is 8.86. The van der Waals surface area contributed by atoms with Crippen molar-refractivity contribution in [3.63, 3.8) is 0 Å². The summed E-state index contributed by atoms with van der Waals surface area (Å²) in [6, 6.07) is 16.4. The molecule has 0 unspecified atom stereocenters. The van der Waals surface area contributed by atoms with E-state index < -0.39 is 0 Å². The van der Waals surface area contributed by atoms with Crippen molar-refractivity contribution >= 4 is 17.5 Å². The molecule has 0 radical (unpaired) electrons. The van der Waals surface area contributed by atoms with Gasteiger partial charge in [-0.15, -0.1) is 0 Å². The summed E-state index contributed by atoms with van der Waals surface area (Å²) in [6.07, 6.45) is 2.36. The first-order chi connectivity index (χ1) is 17.5. The molecule has 3 aromatic rings. The lowest BCUT2D eigenvalue weighted by molar-refractivity contribution is 0.156. The van der Waals surface area contributed by atoms with Gasteiger partial charge >= 0.3 is 0 Å². The lowest BCUT2D eigenvalue weighted by atomic mass is 10.0. The summed E-state index contributed by atoms with van der Waals surface area (Å²) in [5.41, 5.74) is 4.43. The number of nitrogens with zero attached hydrogens (tertiary/aromatic N) is 5. The minimum Gasteiger partial charge on any atom is -0.492 e. The van der Waals surface area contributed by atoms with Crippen LogP contribution >= 0.6 is 0 Å². The highest BCUT2D eigenvalue weighted by molar-refractivity contribution is 5.62. The highest BCUT2D eigenvalue weighted by Crippen LogP contribution is 2.36. The SMILES string of the molecule is CCN(CC)CCOc1c(C)cc(Nc2ncc(C#N)c(N3OCC[C@H]3c3ccccc3)n2)cc1C. The zero-order valence-electron chi connectivity index (χ0n) is 21.5. The molecule has 0 bridgehead atoms. The molecule has 188 valence electrons. The Morgan fingerprint density at radius 2 is 1.89 bits per heavy atom. The summed E-state index contributed by atoms with van der Waals surface area (Å²) in [5.74, 6) is 1.77. The number of nitriles is 1. The molecule has 2 aromatic carbocycles. The van der Waals surface area contributed by atoms with Crippen LogP contribution in [0.25, 0.3) is 0 Å². The van der Waals surface area contributed by atoms with Gasteiger partial charge in [0.25, 0.3) is 0 Å². The number of hydrogen-bond acceptors (Lipinski definition) is 8. The Hall–Kier alpha value is -3.67. The van der Waals surface area contributed by atoms with E-state index in [4.69, 9.17) is 9.57 Å². The number of aryl methyl sites for hydroxylation is 2. The summed E-state index contributed by atoms with van der Waals surface area (Å²) < 4.78 is 6.12. The highest BCUT2D eigenvalue weighted by atomic mass is 16.7. The monoisotopic (exact) mass is 486 g/mol. The van der Waals surface area contributed by atoms with Gasteiger partial charge in [0.1, 0.15) is 24.0 Å². The fourth-order valence-electron chi connectivity index (χ4n) is 4.53. The van der Waals surface area contributed by atoms with Gasteiger partial charge in [0.05, 0.1) is 18.8 Å². The van der Waals surface area contributed by atoms with Gasteiger partial charge in [-0.3, -0.25) is 4.84 Å². The summed E-state index contributed by atoms with van der Waals surface area (Å²) in [5, 5.41) is 14.7. The number of rotatable bonds is 10. The molecule has 1 saturated heterocycles. The molecule has 1 atom stereocenters. The molecule has 4 rings (SSSR count). The first-order valence-corrected chi connectivity index (χ1v) is 12.5. The molecule has 8 heteroatoms. The topological polar surface area (TPSA) is 86.5 Å². The van der Waals surface area contributed by atoms with Crippen LogP contribution in [0.1, 0.15) is 48.6 Å². The van der Waals surface area contributed by atoms with Gasteiger partial charge in [0.15, 0.2) is 5.82 Å². The Balaban J connectivity index is 1.53. The van der Waals surface area contributed by atoms with Crippen LogP contribution in [0.4, 0.5) is 17.5 Å². The van der Waals surface area contributed by atoms with E-state index in [-0.39, 0.29) is 6.04 Å². The smallest absolute Gasteiger partial charge is 0.229 e. The van der Waals surface area contributed by atoms with Gasteiger partial charge in [-0.25, -0.2) is 10.0 Å². The molecule has 1 fully saturated rings. The van der Waals surface area contributed by atoms with E-state index in [1.54, 1.807) is 11.3 Å². The van der Waals surface area contributed by atoms with E-state index in [2.05, 4.69) is 52.2 Å². The fourth-order valence-corrected chi connectivity index (χ4v) is 4.53. The van der Waals surface area contributed by atoms with Crippen LogP contribution in [0.3, 0.4) is 0 Å². The van der Waals surface area contributed by atoms with Crippen molar-refractivity contribution < 1.29 is 9.57 Å². The van der Waals surface area contributed by atoms with Crippen molar-refractivity contribution in [1.29, 1.82) is 5.26 Å². The van der Waals surface area contributed by atoms with Crippen molar-refractivity contribution in [2.24, 2.45) is 0 Å². The van der Waals surface area contributed by atoms with E-state index in [0.29, 0.717) is 30.5 Å². The Bertz CT molecular complexity index is 1180. The Morgan fingerprint density at radius 1 is 1.17 bits per heavy atom. The molecule has 36 heavy (non-hydrogen) atoms. The number of anilines is 3. The van der Waals surface area contributed by atoms with Crippen LogP contribution in [-0.4, -0.2) is 47.7 Å². The molecule has 1 aromatic heterocycles. The Kier molecular flexibility index (Phi) is 8.36. The summed E-state index contributed by atoms with van der Waals surface area (Å²) in [6.45, 7) is 12.5. The average molecular weight is 487 g/mol. The molecule has 2 heterocycles. The van der Waals surface area contributed by atoms with Crippen molar-refractivity contribution in [2.45, 2.75) is 40.2 Å². The second kappa shape index (κ2) is 11.8. The van der Waals surface area contributed by atoms with Crippen LogP contribution in [0.2, 0.25) is 0 Å². The summed E-state index contributed by atoms with van der Waals surface area (Å²) in [4.78, 5) is 17.3. The minimum absolute atomic E-state index is 0.0155. The molecule has 1 N–H and O–H groups in total. The number of benzene rings is 2. The fraction of sp³-hybridized carbons (Fsp3) is 0.393. The van der Waals surface area contributed by atoms with Gasteiger partial charge in [0.2, 0.25) is 5.95 Å². The van der Waals surface area contributed by atoms with Crippen LogP contribution in [0.5, 0.6) is 5.75 Å². The third-order valence-corrected chi connectivity index (χ3v) is 6.45. The van der Waals surface area contributed by atoms with E-state index in [0.717, 1.165) is 54.2 Å². The molecule has 0 saturated carbocycles. The molecular formula is C28H34N6O2. The van der Waals surface area contributed by atoms with E-state index in [9.17, 15) is 5.26 Å². The zero-order valence-corrected chi connectivity index (χ0v) is 21.5. The lowest BCUT2D eigenvalue weighted by Crippen LogP contribution is -2.28. The Morgan fingerprint density at radius 3 is 2.56 bits per heavy atom. The van der Waals surface area contributed by atoms with Crippen LogP contribution < -0.4 is 15.1 Å². The molecule has 0 spiro atoms. The van der Waals surface area contributed by atoms with Gasteiger partial charge in [-0.1, -0.05) is 44.2 Å². The van der Waals surface area contributed by atoms with E-state index in [1.165, 1.54) is 0 Å². The minimum atomic E-state index is -0.0155. The normalized spacial score (nSPS) is 15.2. The molecular weight excluding hydrogens is 452 g/mol. The van der Waals surface area contributed by atoms with Crippen molar-refractivity contribution in [3.05, 3.63) is 70.9 Å². The third kappa shape index (κ3) is 5.76. The third-order valence-electron chi connectivity index (χ3n) is 6.45. The van der Waals surface area contributed by atoms with E-state index in [1.807, 2.05) is 44.2 Å². The lowest BCUT2D eigenvalue weighted by Gasteiger charge is -2.24. The predicted octanol–water partition coefficient (Wildman–Crippen LogP) is 5.31. The second-order valence-corrected chi connectivity index (χ2v) is 8.86. The number of nitrogens with one attached hydrogen (secondary N) is 1. The van der Waals surface area contributed by atoms with Gasteiger partial charge in [0, 0.05) is 18.7 Å². The quantitative estimate of drug-likeness (QED) is 0.412. The molecule has 1 aliphatic rings. The van der Waals surface area contributed by atoms with Gasteiger partial charge < -0.3 is 15.0 Å². The van der Waals surface area contributed by atoms with Crippen molar-refractivity contribution in [3.8, 4) is 11.8 Å². The van der Waals surface area contributed by atoms with Crippen LogP contribution in [-0.2, 0) is 4.84 Å². The zero-order chi connectivity index (χ0) is 25.5. The maximum absolute atomic E-state index is 9.71. The van der Waals surface area contributed by atoms with Crippen molar-refractivity contribution in [1.82, 2.24) is 14.9 Å². The van der Waals surface area contributed by atoms with Crippen LogP contribution in [0, 0.1) is 25.2 Å². The largest absolute Gasteiger partial charge is 0.492 e. The Labute approximate surface area is 213 Å². The summed E-state index contributed by atoms with van der Waals surface area (Å²) in [7, 11) is 0. The maximum Gasteiger partial charge on any atom is 0.229 e. The first kappa shape index (κ1) is 25.4. The standard InChI is InChI=1S/C28H34N6O2/c1-5-33(6-2)13-15-35-26-20(3)16-24(17-21(26)4)31-28-30-19-23(18-29)27(32-28)34-25(12-14-36-34)22-10-8-7-9-11-22/h7-11,16-17,19,25H,5-6,12-15H2,1-4H3,(H,30,31,32)/t25-/m0/s1. The molecule has 1 aliphatic heterocycles. The van der Waals surface area contributed by atoms with Gasteiger partial charge in [-0.2, -0.15) is 10.2 Å². The number of hydroxylamine groups is 1. The number of hydrogen-bond donors (Lipinski definition) is 1. The van der Waals surface area contributed by atoms with Crippen LogP contribution in [0.15, 0.2) is 48.7 Å². The number of aromatic nitrogens is 2. The number of likely N-dealkylation sites (N-methyl/N-ethyl adjacent to an activating group) is 1. The highest BCUT2D eigenvalue weighted by Gasteiger charge is 2.31. The molecule has 0 amide bonds. The van der Waals surface area contributed by atoms with Gasteiger partial charge in [-0.05, 0) is 55.8 Å². The van der Waals surface area contributed by atoms with E-state index >= 15 is 0 Å². The maximum atomic E-state index is 9.71. The van der Waals surface area contributed by atoms with Crippen molar-refractivity contribution in [2.75, 3.05) is 43.2 Å². The summed E-state index contributed by atoms with van der Waals surface area (Å²) >= 11 is 0. The predicted molar refractivity (Wildman–Crippen MR) is 141 cm³/mol. The molecule has 8 nitrogen and oxygen atoms in total. The number of ether oxygens (including phenoxy) is 1.